The number of carbonyl (C=O) groups is 4. The van der Waals surface area contributed by atoms with Crippen molar-refractivity contribution >= 4 is 24.2 Å². The topological polar surface area (TPSA) is 96.5 Å². The quantitative estimate of drug-likeness (QED) is 0.245. The molecule has 4 atom stereocenters. The summed E-state index contributed by atoms with van der Waals surface area (Å²) in [6.07, 6.45) is 5.05. The van der Waals surface area contributed by atoms with E-state index in [1.54, 1.807) is 4.90 Å². The van der Waals surface area contributed by atoms with Crippen molar-refractivity contribution in [2.24, 2.45) is 11.8 Å². The highest BCUT2D eigenvalue weighted by Crippen LogP contribution is 2.42. The second-order valence-electron chi connectivity index (χ2n) is 13.2. The van der Waals surface area contributed by atoms with Crippen LogP contribution >= 0.6 is 0 Å². The number of rotatable bonds is 9. The Morgan fingerprint density at radius 3 is 2.40 bits per heavy atom. The van der Waals surface area contributed by atoms with Gasteiger partial charge in [-0.25, -0.2) is 0 Å². The molecule has 9 heteroatoms. The fourth-order valence-corrected chi connectivity index (χ4v) is 7.85. The van der Waals surface area contributed by atoms with Gasteiger partial charge in [-0.1, -0.05) is 73.5 Å². The molecule has 1 saturated heterocycles. The van der Waals surface area contributed by atoms with E-state index in [9.17, 15) is 19.2 Å². The third-order valence-corrected chi connectivity index (χ3v) is 10.3. The van der Waals surface area contributed by atoms with Crippen LogP contribution < -0.4 is 4.74 Å². The number of ether oxygens (including phenoxy) is 2. The maximum absolute atomic E-state index is 14.7. The number of hydrogen-bond donors (Lipinski definition) is 0. The zero-order chi connectivity index (χ0) is 32.3. The summed E-state index contributed by atoms with van der Waals surface area (Å²) in [6.45, 7) is 2.60. The van der Waals surface area contributed by atoms with Crippen LogP contribution in [0.2, 0.25) is 0 Å². The van der Waals surface area contributed by atoms with Gasteiger partial charge in [-0.15, -0.1) is 0 Å². The first-order chi connectivity index (χ1) is 23.0. The minimum absolute atomic E-state index is 0.0454. The van der Waals surface area contributed by atoms with Gasteiger partial charge in [0.2, 0.25) is 12.3 Å². The van der Waals surface area contributed by atoms with Gasteiger partial charge in [0.15, 0.2) is 0 Å². The molecule has 47 heavy (non-hydrogen) atoms. The molecule has 4 aliphatic rings. The first-order valence-electron chi connectivity index (χ1n) is 16.9. The molecule has 3 amide bonds. The van der Waals surface area contributed by atoms with Crippen LogP contribution in [0.4, 0.5) is 0 Å². The van der Waals surface area contributed by atoms with E-state index in [4.69, 9.17) is 9.47 Å². The third-order valence-electron chi connectivity index (χ3n) is 10.3. The SMILES string of the molecule is O=CN1CCC(Oc2cccc3c2C(CN2Cc4ccccc4C2=O)N(C(=O)C2CCCCC2C(=O)OCc2ccccc2)CC3)C1. The number of amides is 3. The van der Waals surface area contributed by atoms with Crippen molar-refractivity contribution < 1.29 is 28.7 Å². The standard InChI is InChI=1S/C38H41N3O6/c42-25-39-19-18-29(22-39)47-34-16-8-12-27-17-20-41(33(35(27)34)23-40-21-28-11-4-5-13-30(28)36(40)43)37(44)31-14-6-7-15-32(31)38(45)46-24-26-9-2-1-3-10-26/h1-5,8-13,16,25,29,31-33H,6-7,14-15,17-24H2. The molecule has 3 heterocycles. The molecule has 3 aromatic rings. The van der Waals surface area contributed by atoms with Crippen molar-refractivity contribution in [2.75, 3.05) is 26.2 Å². The Kier molecular flexibility index (Phi) is 8.96. The third kappa shape index (κ3) is 6.35. The Morgan fingerprint density at radius 1 is 0.851 bits per heavy atom. The Morgan fingerprint density at radius 2 is 1.62 bits per heavy atom. The van der Waals surface area contributed by atoms with Gasteiger partial charge in [-0.05, 0) is 48.1 Å². The van der Waals surface area contributed by atoms with Crippen LogP contribution in [0.15, 0.2) is 72.8 Å². The fraction of sp³-hybridized carbons (Fsp3) is 0.421. The number of fused-ring (bicyclic) bond motifs is 2. The first-order valence-corrected chi connectivity index (χ1v) is 16.9. The van der Waals surface area contributed by atoms with Crippen molar-refractivity contribution in [3.63, 3.8) is 0 Å². The lowest BCUT2D eigenvalue weighted by Crippen LogP contribution is -2.50. The van der Waals surface area contributed by atoms with E-state index in [2.05, 4.69) is 6.07 Å². The summed E-state index contributed by atoms with van der Waals surface area (Å²) in [7, 11) is 0. The summed E-state index contributed by atoms with van der Waals surface area (Å²) in [5.41, 5.74) is 4.59. The summed E-state index contributed by atoms with van der Waals surface area (Å²) in [6, 6.07) is 22.8. The second-order valence-corrected chi connectivity index (χ2v) is 13.2. The smallest absolute Gasteiger partial charge is 0.310 e. The van der Waals surface area contributed by atoms with E-state index in [1.165, 1.54) is 0 Å². The zero-order valence-corrected chi connectivity index (χ0v) is 26.6. The molecule has 0 bridgehead atoms. The Labute approximate surface area is 275 Å². The summed E-state index contributed by atoms with van der Waals surface area (Å²) >= 11 is 0. The van der Waals surface area contributed by atoms with E-state index >= 15 is 0 Å². The molecule has 0 spiro atoms. The second kappa shape index (κ2) is 13.6. The van der Waals surface area contributed by atoms with Gasteiger partial charge in [0, 0.05) is 43.7 Å². The number of hydrogen-bond acceptors (Lipinski definition) is 6. The molecule has 2 fully saturated rings. The summed E-state index contributed by atoms with van der Waals surface area (Å²) in [5, 5.41) is 0. The van der Waals surface area contributed by atoms with Gasteiger partial charge >= 0.3 is 5.97 Å². The van der Waals surface area contributed by atoms with Crippen LogP contribution in [0.25, 0.3) is 0 Å². The zero-order valence-electron chi connectivity index (χ0n) is 26.6. The monoisotopic (exact) mass is 635 g/mol. The average molecular weight is 636 g/mol. The number of nitrogens with zero attached hydrogens (tertiary/aromatic N) is 3. The van der Waals surface area contributed by atoms with Crippen molar-refractivity contribution in [1.29, 1.82) is 0 Å². The molecular formula is C38H41N3O6. The Hall–Kier alpha value is -4.66. The van der Waals surface area contributed by atoms with Crippen LogP contribution in [-0.2, 0) is 38.7 Å². The molecule has 1 saturated carbocycles. The molecule has 4 unspecified atom stereocenters. The predicted octanol–water partition coefficient (Wildman–Crippen LogP) is 4.93. The average Bonchev–Trinajstić information content (AvgIpc) is 3.70. The largest absolute Gasteiger partial charge is 0.488 e. The molecule has 7 rings (SSSR count). The molecule has 244 valence electrons. The normalized spacial score (nSPS) is 23.7. The minimum Gasteiger partial charge on any atom is -0.488 e. The number of benzene rings is 3. The number of likely N-dealkylation sites (tertiary alicyclic amines) is 1. The molecule has 3 aromatic carbocycles. The van der Waals surface area contributed by atoms with E-state index < -0.39 is 17.9 Å². The van der Waals surface area contributed by atoms with Crippen molar-refractivity contribution in [3.05, 3.63) is 101 Å². The van der Waals surface area contributed by atoms with Gasteiger partial charge in [-0.3, -0.25) is 19.2 Å². The summed E-state index contributed by atoms with van der Waals surface area (Å²) < 4.78 is 12.4. The van der Waals surface area contributed by atoms with Crippen molar-refractivity contribution in [1.82, 2.24) is 14.7 Å². The number of esters is 1. The van der Waals surface area contributed by atoms with Gasteiger partial charge in [-0.2, -0.15) is 0 Å². The number of carbonyl (C=O) groups excluding carboxylic acids is 4. The molecule has 0 radical (unpaired) electrons. The van der Waals surface area contributed by atoms with Gasteiger partial charge in [0.25, 0.3) is 5.91 Å². The van der Waals surface area contributed by atoms with Gasteiger partial charge in [0.1, 0.15) is 18.5 Å². The van der Waals surface area contributed by atoms with Crippen molar-refractivity contribution in [2.45, 2.75) is 63.8 Å². The van der Waals surface area contributed by atoms with E-state index in [1.807, 2.05) is 76.5 Å². The molecule has 0 N–H and O–H groups in total. The molecular weight excluding hydrogens is 594 g/mol. The predicted molar refractivity (Wildman–Crippen MR) is 174 cm³/mol. The first kappa shape index (κ1) is 31.0. The lowest BCUT2D eigenvalue weighted by atomic mass is 9.77. The van der Waals surface area contributed by atoms with Crippen LogP contribution in [0.5, 0.6) is 5.75 Å². The Balaban J connectivity index is 1.18. The minimum atomic E-state index is -0.515. The van der Waals surface area contributed by atoms with Crippen LogP contribution in [0.1, 0.15) is 70.8 Å². The maximum atomic E-state index is 14.7. The van der Waals surface area contributed by atoms with E-state index in [-0.39, 0.29) is 30.5 Å². The van der Waals surface area contributed by atoms with Gasteiger partial charge < -0.3 is 24.2 Å². The highest BCUT2D eigenvalue weighted by atomic mass is 16.5. The molecule has 0 aromatic heterocycles. The molecule has 1 aliphatic carbocycles. The summed E-state index contributed by atoms with van der Waals surface area (Å²) in [5.74, 6) is -0.749. The lowest BCUT2D eigenvalue weighted by Gasteiger charge is -2.43. The van der Waals surface area contributed by atoms with Crippen molar-refractivity contribution in [3.8, 4) is 5.75 Å². The van der Waals surface area contributed by atoms with E-state index in [0.717, 1.165) is 47.9 Å². The van der Waals surface area contributed by atoms with Crippen LogP contribution in [0, 0.1) is 11.8 Å². The van der Waals surface area contributed by atoms with Crippen LogP contribution in [-0.4, -0.2) is 71.2 Å². The highest BCUT2D eigenvalue weighted by Gasteiger charge is 2.44. The maximum Gasteiger partial charge on any atom is 0.310 e. The van der Waals surface area contributed by atoms with Crippen LogP contribution in [0.3, 0.4) is 0 Å². The Bertz CT molecular complexity index is 1640. The summed E-state index contributed by atoms with van der Waals surface area (Å²) in [4.78, 5) is 58.7. The lowest BCUT2D eigenvalue weighted by molar-refractivity contribution is -0.159. The van der Waals surface area contributed by atoms with E-state index in [0.29, 0.717) is 63.3 Å². The fourth-order valence-electron chi connectivity index (χ4n) is 7.85. The molecule has 3 aliphatic heterocycles. The van der Waals surface area contributed by atoms with Gasteiger partial charge in [0.05, 0.1) is 24.4 Å². The molecule has 9 nitrogen and oxygen atoms in total. The highest BCUT2D eigenvalue weighted by molar-refractivity contribution is 5.98.